The Labute approximate surface area is 184 Å². The fourth-order valence-corrected chi connectivity index (χ4v) is 5.01. The van der Waals surface area contributed by atoms with E-state index in [4.69, 9.17) is 0 Å². The highest BCUT2D eigenvalue weighted by molar-refractivity contribution is 6.08. The number of benzene rings is 2. The van der Waals surface area contributed by atoms with E-state index in [2.05, 4.69) is 75.5 Å². The van der Waals surface area contributed by atoms with E-state index in [9.17, 15) is 9.90 Å². The van der Waals surface area contributed by atoms with Gasteiger partial charge in [0.1, 0.15) is 0 Å². The molecular weight excluding hydrogens is 384 g/mol. The zero-order valence-corrected chi connectivity index (χ0v) is 19.4. The van der Waals surface area contributed by atoms with Gasteiger partial charge in [0, 0.05) is 23.0 Å². The van der Waals surface area contributed by atoms with Crippen molar-refractivity contribution in [1.82, 2.24) is 9.47 Å². The van der Waals surface area contributed by atoms with Crippen LogP contribution in [0.3, 0.4) is 0 Å². The molecule has 0 spiro atoms. The first-order valence-corrected chi connectivity index (χ1v) is 10.9. The number of likely N-dealkylation sites (N-methyl/N-ethyl adjacent to an activating group) is 1. The average molecular weight is 417 g/mol. The lowest BCUT2D eigenvalue weighted by Crippen LogP contribution is -2.44. The first-order chi connectivity index (χ1) is 14.6. The number of hydrogen-bond acceptors (Lipinski definition) is 2. The maximum absolute atomic E-state index is 12.8. The molecule has 2 aromatic carbocycles. The van der Waals surface area contributed by atoms with Crippen molar-refractivity contribution in [3.8, 4) is 0 Å². The number of nitrogens with zero attached hydrogens (tertiary/aromatic N) is 2. The maximum atomic E-state index is 12.8. The third kappa shape index (κ3) is 3.12. The molecule has 2 heterocycles. The monoisotopic (exact) mass is 416 g/mol. The fraction of sp³-hybridized carbons (Fsp3) is 0.370. The predicted molar refractivity (Wildman–Crippen MR) is 127 cm³/mol. The van der Waals surface area contributed by atoms with Gasteiger partial charge in [-0.25, -0.2) is 4.79 Å². The van der Waals surface area contributed by atoms with Gasteiger partial charge in [0.25, 0.3) is 0 Å². The summed E-state index contributed by atoms with van der Waals surface area (Å²) < 4.78 is 2.32. The van der Waals surface area contributed by atoms with Crippen LogP contribution in [0.4, 0.5) is 0 Å². The normalized spacial score (nSPS) is 18.8. The van der Waals surface area contributed by atoms with E-state index >= 15 is 0 Å². The quantitative estimate of drug-likeness (QED) is 0.605. The SMILES string of the molecule is CN(C)CCc1c2n(c3ccccc13)C(C)(C(C)(C)C)C(C(=O)O)=C2c1ccccc1. The molecule has 0 amide bonds. The van der Waals surface area contributed by atoms with Crippen LogP contribution in [-0.2, 0) is 16.8 Å². The lowest BCUT2D eigenvalue weighted by molar-refractivity contribution is -0.134. The molecule has 1 N–H and O–H groups in total. The van der Waals surface area contributed by atoms with Crippen LogP contribution in [0, 0.1) is 5.41 Å². The Morgan fingerprint density at radius 3 is 2.23 bits per heavy atom. The summed E-state index contributed by atoms with van der Waals surface area (Å²) in [6, 6.07) is 18.5. The molecule has 4 rings (SSSR count). The number of aromatic nitrogens is 1. The highest BCUT2D eigenvalue weighted by Crippen LogP contribution is 2.56. The number of carboxylic acids is 1. The van der Waals surface area contributed by atoms with Crippen LogP contribution in [0.25, 0.3) is 16.5 Å². The Morgan fingerprint density at radius 2 is 1.65 bits per heavy atom. The van der Waals surface area contributed by atoms with Crippen LogP contribution in [-0.4, -0.2) is 41.2 Å². The largest absolute Gasteiger partial charge is 0.478 e. The average Bonchev–Trinajstić information content (AvgIpc) is 3.18. The van der Waals surface area contributed by atoms with Gasteiger partial charge in [-0.1, -0.05) is 69.3 Å². The lowest BCUT2D eigenvalue weighted by Gasteiger charge is -2.42. The molecule has 0 bridgehead atoms. The molecule has 0 aliphatic carbocycles. The molecular formula is C27H32N2O2. The minimum atomic E-state index is -0.845. The molecule has 1 atom stereocenters. The van der Waals surface area contributed by atoms with E-state index in [-0.39, 0.29) is 5.41 Å². The van der Waals surface area contributed by atoms with Gasteiger partial charge in [-0.05, 0) is 50.0 Å². The lowest BCUT2D eigenvalue weighted by atomic mass is 9.69. The first-order valence-electron chi connectivity index (χ1n) is 10.9. The summed E-state index contributed by atoms with van der Waals surface area (Å²) in [6.45, 7) is 9.42. The van der Waals surface area contributed by atoms with Crippen LogP contribution in [0.1, 0.15) is 44.5 Å². The summed E-state index contributed by atoms with van der Waals surface area (Å²) in [7, 11) is 4.16. The predicted octanol–water partition coefficient (Wildman–Crippen LogP) is 5.41. The molecule has 31 heavy (non-hydrogen) atoms. The van der Waals surface area contributed by atoms with E-state index < -0.39 is 11.5 Å². The number of carboxylic acid groups (broad SMARTS) is 1. The molecule has 162 valence electrons. The standard InChI is InChI=1S/C27H32N2O2/c1-26(2,3)27(4)23(25(30)31)22(18-12-8-7-9-13-18)24-20(16-17-28(5)6)19-14-10-11-15-21(19)29(24)27/h7-15H,16-17H2,1-6H3,(H,30,31). The van der Waals surface area contributed by atoms with Crippen molar-refractivity contribution in [3.05, 3.63) is 77.0 Å². The van der Waals surface area contributed by atoms with E-state index in [1.54, 1.807) is 0 Å². The second-order valence-corrected chi connectivity index (χ2v) is 9.98. The second-order valence-electron chi connectivity index (χ2n) is 9.98. The van der Waals surface area contributed by atoms with Gasteiger partial charge in [0.2, 0.25) is 0 Å². The van der Waals surface area contributed by atoms with Gasteiger partial charge in [-0.15, -0.1) is 0 Å². The smallest absolute Gasteiger partial charge is 0.334 e. The molecule has 1 aromatic heterocycles. The minimum absolute atomic E-state index is 0.313. The van der Waals surface area contributed by atoms with E-state index in [0.717, 1.165) is 35.3 Å². The molecule has 0 saturated carbocycles. The first kappa shape index (κ1) is 21.4. The van der Waals surface area contributed by atoms with Gasteiger partial charge in [0.05, 0.1) is 16.8 Å². The topological polar surface area (TPSA) is 45.5 Å². The zero-order chi connectivity index (χ0) is 22.6. The van der Waals surface area contributed by atoms with Gasteiger partial charge < -0.3 is 14.6 Å². The van der Waals surface area contributed by atoms with Crippen molar-refractivity contribution < 1.29 is 9.90 Å². The van der Waals surface area contributed by atoms with Crippen molar-refractivity contribution in [1.29, 1.82) is 0 Å². The Bertz CT molecular complexity index is 1180. The highest BCUT2D eigenvalue weighted by Gasteiger charge is 2.53. The number of hydrogen-bond donors (Lipinski definition) is 1. The number of aliphatic carboxylic acids is 1. The molecule has 4 nitrogen and oxygen atoms in total. The summed E-state index contributed by atoms with van der Waals surface area (Å²) in [5.41, 5.74) is 4.69. The summed E-state index contributed by atoms with van der Waals surface area (Å²) in [6.07, 6.45) is 0.860. The fourth-order valence-electron chi connectivity index (χ4n) is 5.01. The highest BCUT2D eigenvalue weighted by atomic mass is 16.4. The molecule has 0 saturated heterocycles. The molecule has 3 aromatic rings. The van der Waals surface area contributed by atoms with Crippen molar-refractivity contribution in [3.63, 3.8) is 0 Å². The number of carbonyl (C=O) groups is 1. The van der Waals surface area contributed by atoms with Crippen molar-refractivity contribution in [2.75, 3.05) is 20.6 Å². The summed E-state index contributed by atoms with van der Waals surface area (Å²) in [4.78, 5) is 15.0. The third-order valence-electron chi connectivity index (χ3n) is 6.95. The van der Waals surface area contributed by atoms with E-state index in [1.165, 1.54) is 10.9 Å². The number of rotatable bonds is 5. The van der Waals surface area contributed by atoms with Gasteiger partial charge in [-0.3, -0.25) is 0 Å². The van der Waals surface area contributed by atoms with Gasteiger partial charge >= 0.3 is 5.97 Å². The van der Waals surface area contributed by atoms with Crippen LogP contribution < -0.4 is 0 Å². The van der Waals surface area contributed by atoms with Gasteiger partial charge in [-0.2, -0.15) is 0 Å². The number of para-hydroxylation sites is 1. The Kier molecular flexibility index (Phi) is 5.09. The van der Waals surface area contributed by atoms with Crippen LogP contribution in [0.2, 0.25) is 0 Å². The van der Waals surface area contributed by atoms with Crippen LogP contribution in [0.5, 0.6) is 0 Å². The molecule has 1 aliphatic rings. The molecule has 1 unspecified atom stereocenters. The maximum Gasteiger partial charge on any atom is 0.334 e. The van der Waals surface area contributed by atoms with Crippen molar-refractivity contribution in [2.24, 2.45) is 5.41 Å². The molecule has 4 heteroatoms. The third-order valence-corrected chi connectivity index (χ3v) is 6.95. The second kappa shape index (κ2) is 7.38. The Balaban J connectivity index is 2.19. The van der Waals surface area contributed by atoms with Crippen molar-refractivity contribution in [2.45, 2.75) is 39.7 Å². The van der Waals surface area contributed by atoms with Crippen molar-refractivity contribution >= 4 is 22.4 Å². The van der Waals surface area contributed by atoms with Gasteiger partial charge in [0.15, 0.2) is 0 Å². The molecule has 0 fully saturated rings. The van der Waals surface area contributed by atoms with Crippen LogP contribution >= 0.6 is 0 Å². The molecule has 1 aliphatic heterocycles. The molecule has 0 radical (unpaired) electrons. The summed E-state index contributed by atoms with van der Waals surface area (Å²) >= 11 is 0. The minimum Gasteiger partial charge on any atom is -0.478 e. The Morgan fingerprint density at radius 1 is 1.03 bits per heavy atom. The zero-order valence-electron chi connectivity index (χ0n) is 19.4. The van der Waals surface area contributed by atoms with E-state index in [0.29, 0.717) is 5.57 Å². The summed E-state index contributed by atoms with van der Waals surface area (Å²) in [5.74, 6) is -0.845. The van der Waals surface area contributed by atoms with Crippen LogP contribution in [0.15, 0.2) is 60.2 Å². The van der Waals surface area contributed by atoms with E-state index in [1.807, 2.05) is 30.3 Å². The Hall–Kier alpha value is -2.85. The number of fused-ring (bicyclic) bond motifs is 3. The summed E-state index contributed by atoms with van der Waals surface area (Å²) in [5, 5.41) is 11.8.